The van der Waals surface area contributed by atoms with E-state index in [1.807, 2.05) is 5.43 Å². The minimum absolute atomic E-state index is 0.162. The topological polar surface area (TPSA) is 120 Å². The Kier molecular flexibility index (Phi) is 5.35. The van der Waals surface area contributed by atoms with Crippen LogP contribution < -0.4 is 16.6 Å². The number of nitro groups is 1. The van der Waals surface area contributed by atoms with Gasteiger partial charge in [0.05, 0.1) is 22.8 Å². The second-order valence-electron chi connectivity index (χ2n) is 4.01. The van der Waals surface area contributed by atoms with Crippen LogP contribution in [0.4, 0.5) is 15.8 Å². The van der Waals surface area contributed by atoms with Crippen molar-refractivity contribution in [3.63, 3.8) is 0 Å². The van der Waals surface area contributed by atoms with E-state index in [-0.39, 0.29) is 23.9 Å². The number of carbonyl (C=O) groups is 1. The lowest BCUT2D eigenvalue weighted by Crippen LogP contribution is -2.32. The van der Waals surface area contributed by atoms with Crippen molar-refractivity contribution < 1.29 is 18.8 Å². The smallest absolute Gasteiger partial charge is 0.285 e. The molecule has 0 saturated heterocycles. The summed E-state index contributed by atoms with van der Waals surface area (Å²) in [7, 11) is 1.47. The highest BCUT2D eigenvalue weighted by Crippen LogP contribution is 2.25. The van der Waals surface area contributed by atoms with Crippen molar-refractivity contribution in [2.24, 2.45) is 5.84 Å². The van der Waals surface area contributed by atoms with E-state index < -0.39 is 22.3 Å². The minimum atomic E-state index is -0.916. The third kappa shape index (κ3) is 3.62. The number of ether oxygens (including phenoxy) is 1. The van der Waals surface area contributed by atoms with Crippen LogP contribution in [0.2, 0.25) is 0 Å². The average molecular weight is 286 g/mol. The number of nitrogens with one attached hydrogen (secondary N) is 2. The van der Waals surface area contributed by atoms with Crippen molar-refractivity contribution in [2.45, 2.75) is 13.0 Å². The summed E-state index contributed by atoms with van der Waals surface area (Å²) in [5.74, 6) is 3.45. The third-order valence-electron chi connectivity index (χ3n) is 2.63. The van der Waals surface area contributed by atoms with Crippen LogP contribution in [0.1, 0.15) is 17.3 Å². The fraction of sp³-hybridized carbons (Fsp3) is 0.364. The first-order valence-corrected chi connectivity index (χ1v) is 5.66. The zero-order valence-electron chi connectivity index (χ0n) is 11.0. The van der Waals surface area contributed by atoms with Gasteiger partial charge in [-0.1, -0.05) is 0 Å². The Labute approximate surface area is 114 Å². The van der Waals surface area contributed by atoms with E-state index in [1.54, 1.807) is 6.92 Å². The Hall–Kier alpha value is -2.26. The maximum Gasteiger partial charge on any atom is 0.285 e. The van der Waals surface area contributed by atoms with Gasteiger partial charge in [-0.15, -0.1) is 0 Å². The van der Waals surface area contributed by atoms with Gasteiger partial charge >= 0.3 is 0 Å². The maximum atomic E-state index is 13.4. The molecular formula is C11H15FN4O4. The number of carbonyl (C=O) groups excluding carboxylic acids is 1. The van der Waals surface area contributed by atoms with Crippen LogP contribution in [0.25, 0.3) is 0 Å². The number of nitrogens with two attached hydrogens (primary N) is 1. The van der Waals surface area contributed by atoms with Crippen LogP contribution in [0, 0.1) is 15.9 Å². The van der Waals surface area contributed by atoms with Gasteiger partial charge < -0.3 is 15.5 Å². The Morgan fingerprint density at radius 2 is 2.25 bits per heavy atom. The van der Waals surface area contributed by atoms with Gasteiger partial charge in [0, 0.05) is 13.7 Å². The first-order valence-electron chi connectivity index (χ1n) is 5.66. The zero-order chi connectivity index (χ0) is 15.3. The monoisotopic (exact) mass is 286 g/mol. The number of hydrogen-bond donors (Lipinski definition) is 3. The number of hydrazine groups is 1. The highest BCUT2D eigenvalue weighted by atomic mass is 19.1. The molecule has 0 aliphatic carbocycles. The van der Waals surface area contributed by atoms with Gasteiger partial charge in [-0.3, -0.25) is 20.8 Å². The number of rotatable bonds is 6. The molecule has 1 amide bonds. The molecular weight excluding hydrogens is 271 g/mol. The summed E-state index contributed by atoms with van der Waals surface area (Å²) < 4.78 is 18.4. The number of methoxy groups -OCH3 is 1. The summed E-state index contributed by atoms with van der Waals surface area (Å²) in [6.07, 6.45) is -0.259. The minimum Gasteiger partial charge on any atom is -0.380 e. The lowest BCUT2D eigenvalue weighted by molar-refractivity contribution is -0.385. The Morgan fingerprint density at radius 1 is 1.60 bits per heavy atom. The molecule has 0 bridgehead atoms. The molecule has 1 rings (SSSR count). The number of benzene rings is 1. The quantitative estimate of drug-likeness (QED) is 0.404. The lowest BCUT2D eigenvalue weighted by atomic mass is 10.1. The Balaban J connectivity index is 3.08. The van der Waals surface area contributed by atoms with Crippen LogP contribution in [-0.2, 0) is 4.74 Å². The van der Waals surface area contributed by atoms with E-state index in [9.17, 15) is 19.3 Å². The van der Waals surface area contributed by atoms with E-state index in [0.717, 1.165) is 6.07 Å². The average Bonchev–Trinajstić information content (AvgIpc) is 2.43. The SMILES string of the molecule is COC(C)CNC(=O)c1cc(NN)c(F)cc1[N+](=O)[O-]. The summed E-state index contributed by atoms with van der Waals surface area (Å²) in [6.45, 7) is 1.88. The molecule has 1 aromatic carbocycles. The van der Waals surface area contributed by atoms with Gasteiger partial charge in [-0.05, 0) is 13.0 Å². The number of nitrogen functional groups attached to an aromatic ring is 1. The van der Waals surface area contributed by atoms with E-state index >= 15 is 0 Å². The van der Waals surface area contributed by atoms with Gasteiger partial charge in [0.2, 0.25) is 0 Å². The summed E-state index contributed by atoms with van der Waals surface area (Å²) >= 11 is 0. The van der Waals surface area contributed by atoms with Crippen LogP contribution in [0.5, 0.6) is 0 Å². The lowest BCUT2D eigenvalue weighted by Gasteiger charge is -2.11. The van der Waals surface area contributed by atoms with Crippen LogP contribution in [-0.4, -0.2) is 30.6 Å². The molecule has 1 atom stereocenters. The molecule has 4 N–H and O–H groups in total. The van der Waals surface area contributed by atoms with Gasteiger partial charge in [0.1, 0.15) is 5.56 Å². The highest BCUT2D eigenvalue weighted by Gasteiger charge is 2.23. The van der Waals surface area contributed by atoms with Crippen molar-refractivity contribution in [2.75, 3.05) is 19.1 Å². The van der Waals surface area contributed by atoms with Crippen molar-refractivity contribution in [1.29, 1.82) is 0 Å². The van der Waals surface area contributed by atoms with Crippen LogP contribution >= 0.6 is 0 Å². The molecule has 0 heterocycles. The second-order valence-corrected chi connectivity index (χ2v) is 4.01. The van der Waals surface area contributed by atoms with Gasteiger partial charge in [-0.2, -0.15) is 0 Å². The molecule has 0 aromatic heterocycles. The Bertz CT molecular complexity index is 523. The highest BCUT2D eigenvalue weighted by molar-refractivity contribution is 5.99. The molecule has 0 fully saturated rings. The molecule has 20 heavy (non-hydrogen) atoms. The van der Waals surface area contributed by atoms with E-state index in [1.165, 1.54) is 7.11 Å². The van der Waals surface area contributed by atoms with Crippen LogP contribution in [0.15, 0.2) is 12.1 Å². The molecule has 110 valence electrons. The summed E-state index contributed by atoms with van der Waals surface area (Å²) in [5, 5.41) is 13.3. The van der Waals surface area contributed by atoms with E-state index in [2.05, 4.69) is 5.32 Å². The first-order chi connectivity index (χ1) is 9.40. The molecule has 1 unspecified atom stereocenters. The number of amides is 1. The predicted octanol–water partition coefficient (Wildman–Crippen LogP) is 0.784. The van der Waals surface area contributed by atoms with Crippen molar-refractivity contribution in [3.8, 4) is 0 Å². The maximum absolute atomic E-state index is 13.4. The van der Waals surface area contributed by atoms with Gasteiger partial charge in [-0.25, -0.2) is 4.39 Å². The van der Waals surface area contributed by atoms with E-state index in [4.69, 9.17) is 10.6 Å². The number of anilines is 1. The number of nitro benzene ring substituents is 1. The standard InChI is InChI=1S/C11H15FN4O4/c1-6(20-2)5-14-11(17)7-3-9(15-13)8(12)4-10(7)16(18)19/h3-4,6,15H,5,13H2,1-2H3,(H,14,17). The molecule has 9 heteroatoms. The molecule has 0 saturated carbocycles. The molecule has 0 aliphatic heterocycles. The molecule has 0 aliphatic rings. The van der Waals surface area contributed by atoms with Gasteiger partial charge in [0.15, 0.2) is 5.82 Å². The predicted molar refractivity (Wildman–Crippen MR) is 69.7 cm³/mol. The van der Waals surface area contributed by atoms with Crippen molar-refractivity contribution in [3.05, 3.63) is 33.6 Å². The Morgan fingerprint density at radius 3 is 2.75 bits per heavy atom. The van der Waals surface area contributed by atoms with Crippen molar-refractivity contribution in [1.82, 2.24) is 5.32 Å². The fourth-order valence-electron chi connectivity index (χ4n) is 1.42. The van der Waals surface area contributed by atoms with E-state index in [0.29, 0.717) is 6.07 Å². The summed E-state index contributed by atoms with van der Waals surface area (Å²) in [6, 6.07) is 1.63. The summed E-state index contributed by atoms with van der Waals surface area (Å²) in [4.78, 5) is 21.9. The molecule has 8 nitrogen and oxygen atoms in total. The third-order valence-corrected chi connectivity index (χ3v) is 2.63. The second kappa shape index (κ2) is 6.78. The fourth-order valence-corrected chi connectivity index (χ4v) is 1.42. The summed E-state index contributed by atoms with van der Waals surface area (Å²) in [5.41, 5.74) is 0.903. The number of halogens is 1. The first kappa shape index (κ1) is 15.8. The zero-order valence-corrected chi connectivity index (χ0v) is 11.0. The normalized spacial score (nSPS) is 11.8. The largest absolute Gasteiger partial charge is 0.380 e. The number of hydrogen-bond acceptors (Lipinski definition) is 6. The van der Waals surface area contributed by atoms with Crippen LogP contribution in [0.3, 0.4) is 0 Å². The van der Waals surface area contributed by atoms with Gasteiger partial charge in [0.25, 0.3) is 11.6 Å². The molecule has 0 spiro atoms. The number of nitrogens with zero attached hydrogens (tertiary/aromatic N) is 1. The molecule has 1 aromatic rings. The van der Waals surface area contributed by atoms with Crippen molar-refractivity contribution >= 4 is 17.3 Å². The molecule has 0 radical (unpaired) electrons.